The summed E-state index contributed by atoms with van der Waals surface area (Å²) >= 11 is 0. The van der Waals surface area contributed by atoms with Crippen LogP contribution in [0.25, 0.3) is 12.2 Å². The van der Waals surface area contributed by atoms with E-state index in [1.165, 1.54) is 68.9 Å². The van der Waals surface area contributed by atoms with Gasteiger partial charge in [0.2, 0.25) is 0 Å². The van der Waals surface area contributed by atoms with E-state index in [1.807, 2.05) is 6.08 Å². The smallest absolute Gasteiger partial charge is 0.0102 e. The Hall–Kier alpha value is -1.82. The van der Waals surface area contributed by atoms with Crippen molar-refractivity contribution in [1.29, 1.82) is 0 Å². The van der Waals surface area contributed by atoms with Crippen molar-refractivity contribution in [2.45, 2.75) is 77.6 Å². The fourth-order valence-electron chi connectivity index (χ4n) is 7.56. The summed E-state index contributed by atoms with van der Waals surface area (Å²) in [5, 5.41) is 0. The van der Waals surface area contributed by atoms with Crippen LogP contribution in [0.1, 0.15) is 94.2 Å². The minimum atomic E-state index is 0.405. The molecule has 4 aliphatic rings. The molecule has 2 fully saturated rings. The maximum atomic E-state index is 4.09. The molecular formula is C30H38. The zero-order valence-corrected chi connectivity index (χ0v) is 19.0. The molecule has 0 amide bonds. The second-order valence-corrected chi connectivity index (χ2v) is 10.6. The predicted octanol–water partition coefficient (Wildman–Crippen LogP) is 8.72. The first-order valence-corrected chi connectivity index (χ1v) is 12.4. The van der Waals surface area contributed by atoms with Crippen LogP contribution >= 0.6 is 0 Å². The Labute approximate surface area is 183 Å². The molecule has 0 heterocycles. The molecule has 5 atom stereocenters. The van der Waals surface area contributed by atoms with Gasteiger partial charge in [0.25, 0.3) is 0 Å². The Bertz CT molecular complexity index is 910. The zero-order valence-electron chi connectivity index (χ0n) is 19.0. The van der Waals surface area contributed by atoms with Crippen LogP contribution in [0.15, 0.2) is 54.2 Å². The number of hydrogen-bond acceptors (Lipinski definition) is 0. The van der Waals surface area contributed by atoms with Crippen LogP contribution in [0.4, 0.5) is 0 Å². The van der Waals surface area contributed by atoms with Gasteiger partial charge in [-0.2, -0.15) is 0 Å². The fourth-order valence-corrected chi connectivity index (χ4v) is 7.56. The van der Waals surface area contributed by atoms with E-state index in [0.29, 0.717) is 11.3 Å². The third-order valence-electron chi connectivity index (χ3n) is 9.15. The first kappa shape index (κ1) is 20.1. The van der Waals surface area contributed by atoms with Crippen LogP contribution < -0.4 is 0 Å². The summed E-state index contributed by atoms with van der Waals surface area (Å²) in [5.74, 6) is 3.22. The molecular weight excluding hydrogens is 360 g/mol. The molecule has 5 unspecified atom stereocenters. The molecule has 0 radical (unpaired) electrons. The Morgan fingerprint density at radius 2 is 1.93 bits per heavy atom. The van der Waals surface area contributed by atoms with Crippen LogP contribution in [0.2, 0.25) is 0 Å². The highest BCUT2D eigenvalue weighted by molar-refractivity contribution is 5.65. The summed E-state index contributed by atoms with van der Waals surface area (Å²) in [6.07, 6.45) is 24.2. The van der Waals surface area contributed by atoms with Crippen LogP contribution in [0.5, 0.6) is 0 Å². The Morgan fingerprint density at radius 1 is 1.03 bits per heavy atom. The molecule has 0 spiro atoms. The Balaban J connectivity index is 1.46. The first-order valence-electron chi connectivity index (χ1n) is 12.4. The fraction of sp³-hybridized carbons (Fsp3) is 0.533. The maximum absolute atomic E-state index is 4.09. The molecule has 4 aliphatic carbocycles. The molecule has 5 rings (SSSR count). The van der Waals surface area contributed by atoms with Gasteiger partial charge in [0.05, 0.1) is 0 Å². The normalized spacial score (nSPS) is 35.7. The van der Waals surface area contributed by atoms with Crippen LogP contribution in [-0.4, -0.2) is 0 Å². The van der Waals surface area contributed by atoms with E-state index in [4.69, 9.17) is 0 Å². The lowest BCUT2D eigenvalue weighted by molar-refractivity contribution is 0.136. The van der Waals surface area contributed by atoms with Crippen LogP contribution in [0, 0.1) is 23.2 Å². The largest absolute Gasteiger partial charge is 0.0984 e. The second-order valence-electron chi connectivity index (χ2n) is 10.6. The van der Waals surface area contributed by atoms with Crippen molar-refractivity contribution in [3.8, 4) is 0 Å². The monoisotopic (exact) mass is 398 g/mol. The van der Waals surface area contributed by atoms with Crippen molar-refractivity contribution in [2.24, 2.45) is 23.2 Å². The van der Waals surface area contributed by atoms with E-state index in [2.05, 4.69) is 62.9 Å². The number of fused-ring (bicyclic) bond motifs is 4. The minimum Gasteiger partial charge on any atom is -0.0984 e. The third-order valence-corrected chi connectivity index (χ3v) is 9.15. The Morgan fingerprint density at radius 3 is 2.77 bits per heavy atom. The van der Waals surface area contributed by atoms with Crippen LogP contribution in [0.3, 0.4) is 0 Å². The first-order chi connectivity index (χ1) is 14.6. The van der Waals surface area contributed by atoms with Crippen LogP contribution in [-0.2, 0) is 0 Å². The van der Waals surface area contributed by atoms with Gasteiger partial charge in [-0.05, 0) is 110 Å². The van der Waals surface area contributed by atoms with E-state index < -0.39 is 0 Å². The van der Waals surface area contributed by atoms with Crippen molar-refractivity contribution >= 4 is 12.2 Å². The number of allylic oxidation sites excluding steroid dienone is 5. The highest BCUT2D eigenvalue weighted by Crippen LogP contribution is 2.62. The van der Waals surface area contributed by atoms with Gasteiger partial charge in [-0.1, -0.05) is 74.1 Å². The number of benzene rings is 1. The SMILES string of the molecule is C=Cc1cc(C2CCC3C4CCC5CCCCC5=CC4=CCC23C)ccc1/C=C\C. The van der Waals surface area contributed by atoms with Gasteiger partial charge in [-0.25, -0.2) is 0 Å². The highest BCUT2D eigenvalue weighted by Gasteiger charge is 2.52. The summed E-state index contributed by atoms with van der Waals surface area (Å²) in [5.41, 5.74) is 8.03. The summed E-state index contributed by atoms with van der Waals surface area (Å²) in [6, 6.07) is 7.15. The topological polar surface area (TPSA) is 0 Å². The van der Waals surface area contributed by atoms with Crippen molar-refractivity contribution in [1.82, 2.24) is 0 Å². The average Bonchev–Trinajstić information content (AvgIpc) is 3.00. The number of rotatable bonds is 3. The van der Waals surface area contributed by atoms with E-state index in [-0.39, 0.29) is 0 Å². The maximum Gasteiger partial charge on any atom is -0.0102 e. The van der Waals surface area contributed by atoms with E-state index >= 15 is 0 Å². The van der Waals surface area contributed by atoms with Crippen molar-refractivity contribution in [3.63, 3.8) is 0 Å². The van der Waals surface area contributed by atoms with Gasteiger partial charge in [0.1, 0.15) is 0 Å². The molecule has 0 aromatic heterocycles. The lowest BCUT2D eigenvalue weighted by atomic mass is 9.60. The third kappa shape index (κ3) is 3.28. The van der Waals surface area contributed by atoms with Crippen molar-refractivity contribution < 1.29 is 0 Å². The molecule has 0 N–H and O–H groups in total. The predicted molar refractivity (Wildman–Crippen MR) is 130 cm³/mol. The molecule has 30 heavy (non-hydrogen) atoms. The molecule has 0 saturated heterocycles. The summed E-state index contributed by atoms with van der Waals surface area (Å²) in [7, 11) is 0. The van der Waals surface area contributed by atoms with Gasteiger partial charge in [0.15, 0.2) is 0 Å². The molecule has 0 bridgehead atoms. The molecule has 0 heteroatoms. The van der Waals surface area contributed by atoms with E-state index in [1.54, 1.807) is 16.7 Å². The summed E-state index contributed by atoms with van der Waals surface area (Å²) in [4.78, 5) is 0. The second kappa shape index (κ2) is 8.03. The molecule has 0 aliphatic heterocycles. The van der Waals surface area contributed by atoms with Gasteiger partial charge in [0, 0.05) is 0 Å². The zero-order chi connectivity index (χ0) is 20.7. The van der Waals surface area contributed by atoms with Crippen molar-refractivity contribution in [2.75, 3.05) is 0 Å². The van der Waals surface area contributed by atoms with Crippen molar-refractivity contribution in [3.05, 3.63) is 70.8 Å². The lowest BCUT2D eigenvalue weighted by Gasteiger charge is -2.44. The molecule has 0 nitrogen and oxygen atoms in total. The van der Waals surface area contributed by atoms with E-state index in [9.17, 15) is 0 Å². The van der Waals surface area contributed by atoms with Gasteiger partial charge >= 0.3 is 0 Å². The standard InChI is InChI=1S/C30H38/c1-4-8-22-11-12-26(19-21(22)5-2)28-15-16-29-27-14-13-23-9-6-7-10-24(23)20-25(27)17-18-30(28,29)3/h4-5,8,11-12,17,19-20,23,27-29H,2,6-7,9-10,13-16,18H2,1,3H3/b8-4-. The molecule has 1 aromatic rings. The summed E-state index contributed by atoms with van der Waals surface area (Å²) < 4.78 is 0. The molecule has 158 valence electrons. The lowest BCUT2D eigenvalue weighted by Crippen LogP contribution is -2.35. The molecule has 1 aromatic carbocycles. The minimum absolute atomic E-state index is 0.405. The average molecular weight is 399 g/mol. The van der Waals surface area contributed by atoms with Gasteiger partial charge in [-0.15, -0.1) is 0 Å². The van der Waals surface area contributed by atoms with Gasteiger partial charge in [-0.3, -0.25) is 0 Å². The van der Waals surface area contributed by atoms with E-state index in [0.717, 1.165) is 17.8 Å². The molecule has 2 saturated carbocycles. The summed E-state index contributed by atoms with van der Waals surface area (Å²) in [6.45, 7) is 8.79. The highest BCUT2D eigenvalue weighted by atomic mass is 14.6. The quantitative estimate of drug-likeness (QED) is 0.477. The van der Waals surface area contributed by atoms with Gasteiger partial charge < -0.3 is 0 Å². The number of hydrogen-bond donors (Lipinski definition) is 0. The Kier molecular flexibility index (Phi) is 5.38.